The average Bonchev–Trinajstić information content (AvgIpc) is 3.21. The molecule has 8 heteroatoms. The van der Waals surface area contributed by atoms with Gasteiger partial charge >= 0.3 is 0 Å². The van der Waals surface area contributed by atoms with Crippen LogP contribution in [0, 0.1) is 6.92 Å². The van der Waals surface area contributed by atoms with Crippen LogP contribution in [-0.2, 0) is 0 Å². The van der Waals surface area contributed by atoms with E-state index < -0.39 is 0 Å². The second kappa shape index (κ2) is 11.5. The molecule has 0 atom stereocenters. The summed E-state index contributed by atoms with van der Waals surface area (Å²) in [7, 11) is 1.80. The van der Waals surface area contributed by atoms with Gasteiger partial charge in [-0.2, -0.15) is 0 Å². The zero-order valence-corrected chi connectivity index (χ0v) is 18.5. The molecule has 30 heavy (non-hydrogen) atoms. The van der Waals surface area contributed by atoms with Crippen LogP contribution in [0.3, 0.4) is 0 Å². The maximum atomic E-state index is 12.1. The van der Waals surface area contributed by atoms with Crippen LogP contribution in [0.1, 0.15) is 20.9 Å². The first-order chi connectivity index (χ1) is 14.7. The van der Waals surface area contributed by atoms with E-state index in [4.69, 9.17) is 0 Å². The van der Waals surface area contributed by atoms with Crippen molar-refractivity contribution in [2.75, 3.05) is 52.9 Å². The minimum atomic E-state index is -0.0658. The number of aliphatic imine (C=N–C) groups is 1. The zero-order chi connectivity index (χ0) is 21.2. The molecule has 2 heterocycles. The summed E-state index contributed by atoms with van der Waals surface area (Å²) in [4.78, 5) is 26.0. The van der Waals surface area contributed by atoms with Gasteiger partial charge in [0.1, 0.15) is 4.88 Å². The van der Waals surface area contributed by atoms with Crippen molar-refractivity contribution < 1.29 is 4.79 Å². The molecule has 160 valence electrons. The lowest BCUT2D eigenvalue weighted by Crippen LogP contribution is -2.53. The Labute approximate surface area is 182 Å². The second-order valence-electron chi connectivity index (χ2n) is 7.10. The van der Waals surface area contributed by atoms with Crippen molar-refractivity contribution in [3.63, 3.8) is 0 Å². The molecule has 1 aromatic carbocycles. The highest BCUT2D eigenvalue weighted by atomic mass is 32.1. The SMILES string of the molecule is CN=C(NCCNC(=O)c1scnc1C)N1CCN(C/C=C/c2ccccc2)CC1. The molecule has 0 unspecified atom stereocenters. The predicted octanol–water partition coefficient (Wildman–Crippen LogP) is 2.09. The van der Waals surface area contributed by atoms with Gasteiger partial charge in [0.2, 0.25) is 0 Å². The summed E-state index contributed by atoms with van der Waals surface area (Å²) in [5.74, 6) is 0.821. The molecule has 1 saturated heterocycles. The van der Waals surface area contributed by atoms with Crippen molar-refractivity contribution >= 4 is 29.3 Å². The quantitative estimate of drug-likeness (QED) is 0.403. The molecule has 1 aliphatic heterocycles. The number of nitrogens with one attached hydrogen (secondary N) is 2. The maximum Gasteiger partial charge on any atom is 0.263 e. The number of amides is 1. The van der Waals surface area contributed by atoms with Crippen LogP contribution >= 0.6 is 11.3 Å². The van der Waals surface area contributed by atoms with Crippen LogP contribution in [0.5, 0.6) is 0 Å². The number of nitrogens with zero attached hydrogens (tertiary/aromatic N) is 4. The first kappa shape index (κ1) is 22.0. The lowest BCUT2D eigenvalue weighted by atomic mass is 10.2. The third kappa shape index (κ3) is 6.40. The minimum absolute atomic E-state index is 0.0658. The fourth-order valence-electron chi connectivity index (χ4n) is 3.33. The number of benzene rings is 1. The summed E-state index contributed by atoms with van der Waals surface area (Å²) < 4.78 is 0. The average molecular weight is 427 g/mol. The molecule has 0 radical (unpaired) electrons. The summed E-state index contributed by atoms with van der Waals surface area (Å²) in [6.45, 7) is 7.86. The first-order valence-corrected chi connectivity index (χ1v) is 11.1. The number of piperazine rings is 1. The molecule has 0 spiro atoms. The Kier molecular flexibility index (Phi) is 8.41. The van der Waals surface area contributed by atoms with E-state index in [-0.39, 0.29) is 5.91 Å². The van der Waals surface area contributed by atoms with Gasteiger partial charge in [-0.05, 0) is 12.5 Å². The third-order valence-electron chi connectivity index (χ3n) is 5.00. The van der Waals surface area contributed by atoms with Gasteiger partial charge in [0.15, 0.2) is 5.96 Å². The van der Waals surface area contributed by atoms with Crippen LogP contribution in [0.25, 0.3) is 6.08 Å². The number of hydrogen-bond donors (Lipinski definition) is 2. The van der Waals surface area contributed by atoms with E-state index in [9.17, 15) is 4.79 Å². The standard InChI is InChI=1S/C22H30N6OS/c1-18-20(30-17-26-18)21(29)24-10-11-25-22(23-2)28-15-13-27(14-16-28)12-6-9-19-7-4-3-5-8-19/h3-9,17H,10-16H2,1-2H3,(H,23,25)(H,24,29)/b9-6+. The molecule has 1 aromatic heterocycles. The molecule has 1 aliphatic rings. The van der Waals surface area contributed by atoms with Gasteiger partial charge in [0.05, 0.1) is 11.2 Å². The molecular formula is C22H30N6OS. The van der Waals surface area contributed by atoms with E-state index in [1.54, 1.807) is 12.6 Å². The monoisotopic (exact) mass is 426 g/mol. The van der Waals surface area contributed by atoms with E-state index in [1.807, 2.05) is 13.0 Å². The number of guanidine groups is 1. The number of aromatic nitrogens is 1. The Bertz CT molecular complexity index is 856. The van der Waals surface area contributed by atoms with Crippen molar-refractivity contribution in [3.8, 4) is 0 Å². The molecule has 2 N–H and O–H groups in total. The van der Waals surface area contributed by atoms with Gasteiger partial charge in [-0.1, -0.05) is 42.5 Å². The van der Waals surface area contributed by atoms with Gasteiger partial charge in [-0.15, -0.1) is 11.3 Å². The zero-order valence-electron chi connectivity index (χ0n) is 17.7. The van der Waals surface area contributed by atoms with E-state index in [1.165, 1.54) is 16.9 Å². The fraction of sp³-hybridized carbons (Fsp3) is 0.409. The smallest absolute Gasteiger partial charge is 0.263 e. The second-order valence-corrected chi connectivity index (χ2v) is 7.95. The Balaban J connectivity index is 1.35. The van der Waals surface area contributed by atoms with Crippen LogP contribution in [0.4, 0.5) is 0 Å². The van der Waals surface area contributed by atoms with Crippen LogP contribution in [0.2, 0.25) is 0 Å². The van der Waals surface area contributed by atoms with Gasteiger partial charge < -0.3 is 15.5 Å². The molecule has 1 amide bonds. The summed E-state index contributed by atoms with van der Waals surface area (Å²) in [5, 5.41) is 6.28. The van der Waals surface area contributed by atoms with Gasteiger partial charge in [-0.3, -0.25) is 14.7 Å². The number of hydrogen-bond acceptors (Lipinski definition) is 5. The minimum Gasteiger partial charge on any atom is -0.354 e. The van der Waals surface area contributed by atoms with Crippen molar-refractivity contribution in [1.29, 1.82) is 0 Å². The topological polar surface area (TPSA) is 72.9 Å². The summed E-state index contributed by atoms with van der Waals surface area (Å²) in [6, 6.07) is 10.4. The molecule has 1 fully saturated rings. The number of rotatable bonds is 7. The number of aryl methyl sites for hydroxylation is 1. The van der Waals surface area contributed by atoms with E-state index in [0.717, 1.165) is 44.4 Å². The summed E-state index contributed by atoms with van der Waals surface area (Å²) >= 11 is 1.37. The molecular weight excluding hydrogens is 396 g/mol. The highest BCUT2D eigenvalue weighted by Crippen LogP contribution is 2.11. The van der Waals surface area contributed by atoms with Crippen LogP contribution in [-0.4, -0.2) is 79.5 Å². The van der Waals surface area contributed by atoms with Gasteiger partial charge in [-0.25, -0.2) is 4.98 Å². The number of carbonyl (C=O) groups is 1. The lowest BCUT2D eigenvalue weighted by molar-refractivity contribution is 0.0957. The Morgan fingerprint density at radius 1 is 1.17 bits per heavy atom. The normalized spacial score (nSPS) is 15.5. The summed E-state index contributed by atoms with van der Waals surface area (Å²) in [6.07, 6.45) is 4.40. The number of thiazole rings is 1. The van der Waals surface area contributed by atoms with Crippen molar-refractivity contribution in [2.24, 2.45) is 4.99 Å². The highest BCUT2D eigenvalue weighted by Gasteiger charge is 2.18. The highest BCUT2D eigenvalue weighted by molar-refractivity contribution is 7.11. The van der Waals surface area contributed by atoms with Gasteiger partial charge in [0.25, 0.3) is 5.91 Å². The lowest BCUT2D eigenvalue weighted by Gasteiger charge is -2.36. The maximum absolute atomic E-state index is 12.1. The molecule has 2 aromatic rings. The van der Waals surface area contributed by atoms with E-state index >= 15 is 0 Å². The Morgan fingerprint density at radius 3 is 2.57 bits per heavy atom. The number of carbonyl (C=O) groups excluding carboxylic acids is 1. The van der Waals surface area contributed by atoms with Crippen molar-refractivity contribution in [2.45, 2.75) is 6.92 Å². The van der Waals surface area contributed by atoms with E-state index in [0.29, 0.717) is 18.0 Å². The Hall–Kier alpha value is -2.71. The molecule has 7 nitrogen and oxygen atoms in total. The molecule has 0 bridgehead atoms. The molecule has 0 aliphatic carbocycles. The third-order valence-corrected chi connectivity index (χ3v) is 5.93. The van der Waals surface area contributed by atoms with Crippen LogP contribution < -0.4 is 10.6 Å². The molecule has 3 rings (SSSR count). The molecule has 0 saturated carbocycles. The largest absolute Gasteiger partial charge is 0.354 e. The van der Waals surface area contributed by atoms with Gasteiger partial charge in [0, 0.05) is 52.9 Å². The van der Waals surface area contributed by atoms with Crippen molar-refractivity contribution in [3.05, 3.63) is 58.1 Å². The Morgan fingerprint density at radius 2 is 1.90 bits per heavy atom. The van der Waals surface area contributed by atoms with Crippen LogP contribution in [0.15, 0.2) is 46.9 Å². The predicted molar refractivity (Wildman–Crippen MR) is 124 cm³/mol. The van der Waals surface area contributed by atoms with Crippen molar-refractivity contribution in [1.82, 2.24) is 25.4 Å². The fourth-order valence-corrected chi connectivity index (χ4v) is 4.05. The van der Waals surface area contributed by atoms with E-state index in [2.05, 4.69) is 66.8 Å². The first-order valence-electron chi connectivity index (χ1n) is 10.2. The summed E-state index contributed by atoms with van der Waals surface area (Å²) in [5.41, 5.74) is 3.71.